The molecule has 0 spiro atoms. The summed E-state index contributed by atoms with van der Waals surface area (Å²) in [5.41, 5.74) is 3.28. The van der Waals surface area contributed by atoms with Crippen molar-refractivity contribution in [2.45, 2.75) is 45.2 Å². The molecule has 0 radical (unpaired) electrons. The second-order valence-electron chi connectivity index (χ2n) is 9.15. The molecule has 4 heterocycles. The topological polar surface area (TPSA) is 45.6 Å². The molecule has 1 aromatic carbocycles. The minimum Gasteiger partial charge on any atom is -0.338 e. The lowest BCUT2D eigenvalue weighted by atomic mass is 9.82. The van der Waals surface area contributed by atoms with E-state index in [-0.39, 0.29) is 29.1 Å². The zero-order chi connectivity index (χ0) is 20.8. The molecule has 0 saturated carbocycles. The Morgan fingerprint density at radius 2 is 1.90 bits per heavy atom. The molecule has 30 heavy (non-hydrogen) atoms. The number of aryl methyl sites for hydroxylation is 1. The van der Waals surface area contributed by atoms with Crippen molar-refractivity contribution in [1.82, 2.24) is 14.4 Å². The van der Waals surface area contributed by atoms with Crippen molar-refractivity contribution in [3.05, 3.63) is 68.9 Å². The molecule has 5 rings (SSSR count). The Bertz CT molecular complexity index is 1040. The molecule has 6 heteroatoms. The van der Waals surface area contributed by atoms with Crippen LogP contribution in [-0.2, 0) is 13.1 Å². The number of hydrogen-bond acceptors (Lipinski definition) is 3. The lowest BCUT2D eigenvalue weighted by molar-refractivity contribution is 0.0593. The molecule has 2 aromatic rings. The number of halogens is 1. The highest BCUT2D eigenvalue weighted by atomic mass is 19.1. The number of hydrogen-bond donors (Lipinski definition) is 0. The summed E-state index contributed by atoms with van der Waals surface area (Å²) in [6.45, 7) is 6.58. The van der Waals surface area contributed by atoms with E-state index in [1.807, 2.05) is 22.5 Å². The molecule has 5 nitrogen and oxygen atoms in total. The molecular formula is C24H28FN3O2. The van der Waals surface area contributed by atoms with Crippen LogP contribution in [0.4, 0.5) is 4.39 Å². The van der Waals surface area contributed by atoms with Crippen molar-refractivity contribution >= 4 is 5.91 Å². The quantitative estimate of drug-likeness (QED) is 0.782. The van der Waals surface area contributed by atoms with Crippen LogP contribution < -0.4 is 5.56 Å². The molecule has 1 aromatic heterocycles. The van der Waals surface area contributed by atoms with Gasteiger partial charge in [0.25, 0.3) is 11.5 Å². The fourth-order valence-corrected chi connectivity index (χ4v) is 5.45. The van der Waals surface area contributed by atoms with Crippen molar-refractivity contribution in [3.8, 4) is 0 Å². The lowest BCUT2D eigenvalue weighted by Gasteiger charge is -2.43. The van der Waals surface area contributed by atoms with Gasteiger partial charge in [-0.2, -0.15) is 0 Å². The highest BCUT2D eigenvalue weighted by Gasteiger charge is 2.37. The lowest BCUT2D eigenvalue weighted by Crippen LogP contribution is -2.49. The summed E-state index contributed by atoms with van der Waals surface area (Å²) in [5, 5.41) is 0. The fourth-order valence-electron chi connectivity index (χ4n) is 5.45. The molecular weight excluding hydrogens is 381 g/mol. The monoisotopic (exact) mass is 409 g/mol. The smallest absolute Gasteiger partial charge is 0.255 e. The number of piperidine rings is 1. The van der Waals surface area contributed by atoms with Crippen molar-refractivity contribution in [3.63, 3.8) is 0 Å². The van der Waals surface area contributed by atoms with Crippen LogP contribution in [-0.4, -0.2) is 46.5 Å². The number of amides is 1. The van der Waals surface area contributed by atoms with E-state index in [9.17, 15) is 14.0 Å². The van der Waals surface area contributed by atoms with E-state index in [0.717, 1.165) is 42.9 Å². The van der Waals surface area contributed by atoms with Crippen LogP contribution >= 0.6 is 0 Å². The van der Waals surface area contributed by atoms with Crippen LogP contribution in [0.3, 0.4) is 0 Å². The van der Waals surface area contributed by atoms with Gasteiger partial charge in [0.05, 0.1) is 0 Å². The van der Waals surface area contributed by atoms with E-state index in [2.05, 4.69) is 11.0 Å². The van der Waals surface area contributed by atoms with Crippen LogP contribution in [0.15, 0.2) is 35.1 Å². The minimum atomic E-state index is -0.386. The van der Waals surface area contributed by atoms with Crippen LogP contribution in [0.1, 0.15) is 52.4 Å². The molecule has 3 aliphatic heterocycles. The zero-order valence-electron chi connectivity index (χ0n) is 17.4. The first kappa shape index (κ1) is 19.5. The third-order valence-electron chi connectivity index (χ3n) is 6.99. The highest BCUT2D eigenvalue weighted by Crippen LogP contribution is 2.36. The van der Waals surface area contributed by atoms with E-state index >= 15 is 0 Å². The standard InChI is InChI=1S/C24H28FN3O2/c1-16-4-6-20(25)11-21(16)24(30)27-12-17-10-19(15-27)22-7-5-18(23(29)28(22)13-17)14-26-8-2-3-9-26/h4-7,11,17,19H,2-3,8-10,12-15H2,1H3/t17-,19+/m0/s1. The van der Waals surface area contributed by atoms with Gasteiger partial charge in [0, 0.05) is 48.9 Å². The maximum absolute atomic E-state index is 13.7. The van der Waals surface area contributed by atoms with Gasteiger partial charge in [-0.3, -0.25) is 14.5 Å². The Hall–Kier alpha value is -2.47. The van der Waals surface area contributed by atoms with Crippen LogP contribution in [0.25, 0.3) is 0 Å². The summed E-state index contributed by atoms with van der Waals surface area (Å²) in [5.74, 6) is -0.0793. The Morgan fingerprint density at radius 1 is 1.10 bits per heavy atom. The molecule has 158 valence electrons. The Labute approximate surface area is 176 Å². The van der Waals surface area contributed by atoms with E-state index in [0.29, 0.717) is 25.2 Å². The number of rotatable bonds is 3. The molecule has 0 aliphatic carbocycles. The van der Waals surface area contributed by atoms with Crippen LogP contribution in [0.5, 0.6) is 0 Å². The van der Waals surface area contributed by atoms with Crippen molar-refractivity contribution in [2.75, 3.05) is 26.2 Å². The van der Waals surface area contributed by atoms with Crippen LogP contribution in [0.2, 0.25) is 0 Å². The number of carbonyl (C=O) groups excluding carboxylic acids is 1. The largest absolute Gasteiger partial charge is 0.338 e. The third-order valence-corrected chi connectivity index (χ3v) is 6.99. The van der Waals surface area contributed by atoms with Gasteiger partial charge in [0.1, 0.15) is 5.82 Å². The molecule has 1 amide bonds. The number of carbonyl (C=O) groups is 1. The van der Waals surface area contributed by atoms with Crippen LogP contribution in [0, 0.1) is 18.7 Å². The predicted octanol–water partition coefficient (Wildman–Crippen LogP) is 3.15. The van der Waals surface area contributed by atoms with E-state index < -0.39 is 0 Å². The predicted molar refractivity (Wildman–Crippen MR) is 113 cm³/mol. The van der Waals surface area contributed by atoms with Gasteiger partial charge < -0.3 is 9.47 Å². The van der Waals surface area contributed by atoms with Gasteiger partial charge in [-0.1, -0.05) is 12.1 Å². The SMILES string of the molecule is Cc1ccc(F)cc1C(=O)N1C[C@@H]2C[C@H](C1)c1ccc(CN3CCCC3)c(=O)n1C2. The summed E-state index contributed by atoms with van der Waals surface area (Å²) in [4.78, 5) is 30.5. The van der Waals surface area contributed by atoms with Crippen molar-refractivity contribution < 1.29 is 9.18 Å². The molecule has 2 saturated heterocycles. The molecule has 2 fully saturated rings. The Balaban J connectivity index is 1.39. The maximum Gasteiger partial charge on any atom is 0.255 e. The number of aromatic nitrogens is 1. The average Bonchev–Trinajstić information content (AvgIpc) is 3.25. The van der Waals surface area contributed by atoms with Gasteiger partial charge >= 0.3 is 0 Å². The summed E-state index contributed by atoms with van der Waals surface area (Å²) in [6, 6.07) is 8.47. The van der Waals surface area contributed by atoms with Gasteiger partial charge in [0.15, 0.2) is 0 Å². The number of pyridine rings is 1. The summed E-state index contributed by atoms with van der Waals surface area (Å²) in [6.07, 6.45) is 3.42. The summed E-state index contributed by atoms with van der Waals surface area (Å²) >= 11 is 0. The molecule has 2 bridgehead atoms. The number of fused-ring (bicyclic) bond motifs is 4. The van der Waals surface area contributed by atoms with E-state index in [1.165, 1.54) is 25.0 Å². The molecule has 3 aliphatic rings. The second kappa shape index (κ2) is 7.65. The fraction of sp³-hybridized carbons (Fsp3) is 0.500. The van der Waals surface area contributed by atoms with E-state index in [4.69, 9.17) is 0 Å². The van der Waals surface area contributed by atoms with Crippen molar-refractivity contribution in [1.29, 1.82) is 0 Å². The van der Waals surface area contributed by atoms with Gasteiger partial charge in [-0.05, 0) is 69.0 Å². The van der Waals surface area contributed by atoms with Gasteiger partial charge in [-0.15, -0.1) is 0 Å². The normalized spacial score (nSPS) is 23.5. The number of benzene rings is 1. The zero-order valence-corrected chi connectivity index (χ0v) is 17.4. The number of nitrogens with zero attached hydrogens (tertiary/aromatic N) is 3. The first-order valence-corrected chi connectivity index (χ1v) is 11.0. The second-order valence-corrected chi connectivity index (χ2v) is 9.15. The molecule has 0 N–H and O–H groups in total. The van der Waals surface area contributed by atoms with Gasteiger partial charge in [-0.25, -0.2) is 4.39 Å². The highest BCUT2D eigenvalue weighted by molar-refractivity contribution is 5.95. The number of likely N-dealkylation sites (tertiary alicyclic amines) is 2. The first-order chi connectivity index (χ1) is 14.5. The average molecular weight is 410 g/mol. The first-order valence-electron chi connectivity index (χ1n) is 11.0. The third kappa shape index (κ3) is 3.47. The Morgan fingerprint density at radius 3 is 2.70 bits per heavy atom. The molecule has 2 atom stereocenters. The van der Waals surface area contributed by atoms with E-state index in [1.54, 1.807) is 6.07 Å². The Kier molecular flexibility index (Phi) is 4.97. The van der Waals surface area contributed by atoms with Crippen molar-refractivity contribution in [2.24, 2.45) is 5.92 Å². The molecule has 0 unspecified atom stereocenters. The summed E-state index contributed by atoms with van der Waals surface area (Å²) in [7, 11) is 0. The maximum atomic E-state index is 13.7. The minimum absolute atomic E-state index is 0.108. The van der Waals surface area contributed by atoms with Gasteiger partial charge in [0.2, 0.25) is 0 Å². The summed E-state index contributed by atoms with van der Waals surface area (Å²) < 4.78 is 15.7.